The van der Waals surface area contributed by atoms with E-state index in [4.69, 9.17) is 14.5 Å². The quantitative estimate of drug-likeness (QED) is 0.590. The van der Waals surface area contributed by atoms with Gasteiger partial charge >= 0.3 is 0 Å². The van der Waals surface area contributed by atoms with Gasteiger partial charge in [0, 0.05) is 0 Å². The Morgan fingerprint density at radius 1 is 0.828 bits per heavy atom. The Kier molecular flexibility index (Phi) is 7.28. The van der Waals surface area contributed by atoms with Crippen molar-refractivity contribution < 1.29 is 9.47 Å². The van der Waals surface area contributed by atoms with Gasteiger partial charge in [-0.25, -0.2) is 0 Å². The molecule has 1 aliphatic heterocycles. The summed E-state index contributed by atoms with van der Waals surface area (Å²) in [7, 11) is 1.67. The third-order valence-corrected chi connectivity index (χ3v) is 4.87. The SMILES string of the molecule is COc1cccc(COCC2=NC(c3ccccc3)C(c3ccccc3)N2)c1.Cl. The highest BCUT2D eigenvalue weighted by Crippen LogP contribution is 2.35. The lowest BCUT2D eigenvalue weighted by Crippen LogP contribution is -2.27. The molecule has 2 unspecified atom stereocenters. The Morgan fingerprint density at radius 2 is 1.52 bits per heavy atom. The molecule has 0 spiro atoms. The molecule has 4 rings (SSSR count). The fraction of sp³-hybridized carbons (Fsp3) is 0.208. The first-order valence-electron chi connectivity index (χ1n) is 9.47. The van der Waals surface area contributed by atoms with Crippen molar-refractivity contribution in [2.24, 2.45) is 4.99 Å². The summed E-state index contributed by atoms with van der Waals surface area (Å²) >= 11 is 0. The van der Waals surface area contributed by atoms with E-state index < -0.39 is 0 Å². The minimum absolute atomic E-state index is 0. The minimum Gasteiger partial charge on any atom is -0.497 e. The fourth-order valence-electron chi connectivity index (χ4n) is 3.49. The number of hydrogen-bond donors (Lipinski definition) is 1. The van der Waals surface area contributed by atoms with Gasteiger partial charge < -0.3 is 14.8 Å². The Bertz CT molecular complexity index is 932. The molecule has 0 radical (unpaired) electrons. The average Bonchev–Trinajstić information content (AvgIpc) is 3.19. The van der Waals surface area contributed by atoms with Gasteiger partial charge in [0.05, 0.1) is 19.8 Å². The second-order valence-corrected chi connectivity index (χ2v) is 6.81. The van der Waals surface area contributed by atoms with E-state index in [1.54, 1.807) is 7.11 Å². The highest BCUT2D eigenvalue weighted by Gasteiger charge is 2.30. The van der Waals surface area contributed by atoms with E-state index in [0.29, 0.717) is 13.2 Å². The Hall–Kier alpha value is -2.82. The molecule has 0 aliphatic carbocycles. The lowest BCUT2D eigenvalue weighted by molar-refractivity contribution is 0.156. The first-order chi connectivity index (χ1) is 13.8. The van der Waals surface area contributed by atoms with Crippen molar-refractivity contribution in [2.45, 2.75) is 18.7 Å². The van der Waals surface area contributed by atoms with Gasteiger partial charge in [0.15, 0.2) is 0 Å². The molecule has 150 valence electrons. The van der Waals surface area contributed by atoms with Crippen LogP contribution in [0.5, 0.6) is 5.75 Å². The Labute approximate surface area is 178 Å². The normalized spacial score (nSPS) is 17.8. The van der Waals surface area contributed by atoms with Gasteiger partial charge in [-0.2, -0.15) is 0 Å². The maximum absolute atomic E-state index is 5.92. The number of nitrogens with zero attached hydrogens (tertiary/aromatic N) is 1. The molecule has 4 nitrogen and oxygen atoms in total. The van der Waals surface area contributed by atoms with Crippen LogP contribution in [0.15, 0.2) is 89.9 Å². The largest absolute Gasteiger partial charge is 0.497 e. The molecule has 0 bridgehead atoms. The predicted molar refractivity (Wildman–Crippen MR) is 119 cm³/mol. The van der Waals surface area contributed by atoms with Gasteiger partial charge in [-0.05, 0) is 28.8 Å². The molecule has 1 heterocycles. The lowest BCUT2D eigenvalue weighted by Gasteiger charge is -2.19. The molecule has 1 N–H and O–H groups in total. The number of methoxy groups -OCH3 is 1. The topological polar surface area (TPSA) is 42.9 Å². The molecule has 3 aromatic rings. The van der Waals surface area contributed by atoms with Crippen LogP contribution in [-0.4, -0.2) is 19.6 Å². The second kappa shape index (κ2) is 10.1. The molecule has 0 amide bonds. The van der Waals surface area contributed by atoms with Crippen molar-refractivity contribution in [1.82, 2.24) is 5.32 Å². The summed E-state index contributed by atoms with van der Waals surface area (Å²) in [5.74, 6) is 1.72. The van der Waals surface area contributed by atoms with Crippen molar-refractivity contribution >= 4 is 18.2 Å². The van der Waals surface area contributed by atoms with Gasteiger partial charge in [0.25, 0.3) is 0 Å². The van der Waals surface area contributed by atoms with E-state index in [9.17, 15) is 0 Å². The maximum atomic E-state index is 5.92. The Balaban J connectivity index is 0.00000240. The number of nitrogens with one attached hydrogen (secondary N) is 1. The van der Waals surface area contributed by atoms with E-state index in [1.165, 1.54) is 11.1 Å². The van der Waals surface area contributed by atoms with Crippen molar-refractivity contribution in [3.63, 3.8) is 0 Å². The summed E-state index contributed by atoms with van der Waals surface area (Å²) in [5.41, 5.74) is 3.51. The highest BCUT2D eigenvalue weighted by atomic mass is 35.5. The van der Waals surface area contributed by atoms with E-state index in [2.05, 4.69) is 53.8 Å². The predicted octanol–water partition coefficient (Wildman–Crippen LogP) is 5.12. The van der Waals surface area contributed by atoms with Crippen LogP contribution in [-0.2, 0) is 11.3 Å². The van der Waals surface area contributed by atoms with E-state index in [0.717, 1.165) is 17.1 Å². The number of ether oxygens (including phenoxy) is 2. The standard InChI is InChI=1S/C24H24N2O2.ClH/c1-27-21-14-8-9-18(15-21)16-28-17-22-25-23(19-10-4-2-5-11-19)24(26-22)20-12-6-3-7-13-20;/h2-15,23-24H,16-17H2,1H3,(H,25,26);1H. The number of benzene rings is 3. The summed E-state index contributed by atoms with van der Waals surface area (Å²) in [5, 5.41) is 3.56. The molecule has 2 atom stereocenters. The molecular formula is C24H25ClN2O2. The number of amidine groups is 1. The van der Waals surface area contributed by atoms with E-state index in [1.807, 2.05) is 36.4 Å². The monoisotopic (exact) mass is 408 g/mol. The first-order valence-corrected chi connectivity index (χ1v) is 9.47. The van der Waals surface area contributed by atoms with Crippen LogP contribution >= 0.6 is 12.4 Å². The van der Waals surface area contributed by atoms with Gasteiger partial charge in [0.2, 0.25) is 0 Å². The summed E-state index contributed by atoms with van der Waals surface area (Å²) < 4.78 is 11.2. The minimum atomic E-state index is 0. The third kappa shape index (κ3) is 5.17. The fourth-order valence-corrected chi connectivity index (χ4v) is 3.49. The van der Waals surface area contributed by atoms with Crippen LogP contribution in [0.4, 0.5) is 0 Å². The van der Waals surface area contributed by atoms with Crippen LogP contribution in [0, 0.1) is 0 Å². The highest BCUT2D eigenvalue weighted by molar-refractivity contribution is 5.86. The molecular weight excluding hydrogens is 384 g/mol. The van der Waals surface area contributed by atoms with Crippen LogP contribution in [0.25, 0.3) is 0 Å². The molecule has 29 heavy (non-hydrogen) atoms. The van der Waals surface area contributed by atoms with Crippen LogP contribution in [0.2, 0.25) is 0 Å². The summed E-state index contributed by atoms with van der Waals surface area (Å²) in [4.78, 5) is 4.94. The first kappa shape index (κ1) is 20.9. The molecule has 0 fully saturated rings. The molecule has 0 aromatic heterocycles. The van der Waals surface area contributed by atoms with E-state index in [-0.39, 0.29) is 24.5 Å². The van der Waals surface area contributed by atoms with Gasteiger partial charge in [0.1, 0.15) is 24.2 Å². The number of aliphatic imine (C=N–C) groups is 1. The van der Waals surface area contributed by atoms with E-state index >= 15 is 0 Å². The zero-order valence-corrected chi connectivity index (χ0v) is 17.1. The van der Waals surface area contributed by atoms with Crippen molar-refractivity contribution in [2.75, 3.05) is 13.7 Å². The molecule has 3 aromatic carbocycles. The molecule has 0 saturated carbocycles. The second-order valence-electron chi connectivity index (χ2n) is 6.81. The smallest absolute Gasteiger partial charge is 0.124 e. The zero-order valence-electron chi connectivity index (χ0n) is 16.3. The van der Waals surface area contributed by atoms with Crippen LogP contribution in [0.1, 0.15) is 28.8 Å². The molecule has 0 saturated heterocycles. The van der Waals surface area contributed by atoms with Gasteiger partial charge in [-0.1, -0.05) is 72.8 Å². The van der Waals surface area contributed by atoms with Gasteiger partial charge in [-0.15, -0.1) is 12.4 Å². The van der Waals surface area contributed by atoms with Crippen molar-refractivity contribution in [3.8, 4) is 5.75 Å². The molecule has 1 aliphatic rings. The zero-order chi connectivity index (χ0) is 19.2. The summed E-state index contributed by atoms with van der Waals surface area (Å²) in [6.07, 6.45) is 0. The lowest BCUT2D eigenvalue weighted by atomic mass is 9.95. The number of hydrogen-bond acceptors (Lipinski definition) is 4. The summed E-state index contributed by atoms with van der Waals surface area (Å²) in [6, 6.07) is 28.9. The molecule has 5 heteroatoms. The maximum Gasteiger partial charge on any atom is 0.124 e. The number of halogens is 1. The average molecular weight is 409 g/mol. The van der Waals surface area contributed by atoms with Crippen LogP contribution < -0.4 is 10.1 Å². The Morgan fingerprint density at radius 3 is 2.21 bits per heavy atom. The summed E-state index contributed by atoms with van der Waals surface area (Å²) in [6.45, 7) is 0.966. The number of rotatable bonds is 7. The van der Waals surface area contributed by atoms with Gasteiger partial charge in [-0.3, -0.25) is 4.99 Å². The third-order valence-electron chi connectivity index (χ3n) is 4.87. The van der Waals surface area contributed by atoms with Crippen LogP contribution in [0.3, 0.4) is 0 Å². The van der Waals surface area contributed by atoms with Crippen molar-refractivity contribution in [1.29, 1.82) is 0 Å². The van der Waals surface area contributed by atoms with Crippen molar-refractivity contribution in [3.05, 3.63) is 102 Å².